The third-order valence-corrected chi connectivity index (χ3v) is 7.63. The third kappa shape index (κ3) is 2.70. The van der Waals surface area contributed by atoms with E-state index >= 15 is 0 Å². The van der Waals surface area contributed by atoms with Crippen molar-refractivity contribution in [1.29, 1.82) is 0 Å². The van der Waals surface area contributed by atoms with Crippen LogP contribution >= 0.6 is 0 Å². The zero-order valence-electron chi connectivity index (χ0n) is 15.7. The summed E-state index contributed by atoms with van der Waals surface area (Å²) < 4.78 is 5.57. The first kappa shape index (κ1) is 16.8. The number of rotatable bonds is 3. The Balaban J connectivity index is 1.32. The molecule has 142 valence electrons. The fraction of sp³-hybridized carbons (Fsp3) is 0.810. The van der Waals surface area contributed by atoms with Crippen LogP contribution in [0.5, 0.6) is 0 Å². The van der Waals surface area contributed by atoms with E-state index in [4.69, 9.17) is 4.74 Å². The van der Waals surface area contributed by atoms with Crippen molar-refractivity contribution < 1.29 is 9.53 Å². The number of amides is 1. The van der Waals surface area contributed by atoms with Crippen LogP contribution in [0.4, 0.5) is 0 Å². The number of aromatic nitrogens is 2. The fourth-order valence-electron chi connectivity index (χ4n) is 6.03. The number of H-pyrrole nitrogens is 1. The summed E-state index contributed by atoms with van der Waals surface area (Å²) in [6, 6.07) is 2.47. The Morgan fingerprint density at radius 3 is 2.58 bits per heavy atom. The van der Waals surface area contributed by atoms with E-state index in [1.165, 1.54) is 57.1 Å². The molecule has 1 N–H and O–H groups in total. The van der Waals surface area contributed by atoms with Gasteiger partial charge in [0.05, 0.1) is 0 Å². The molecule has 5 rings (SSSR count). The Kier molecular flexibility index (Phi) is 4.30. The van der Waals surface area contributed by atoms with Crippen molar-refractivity contribution in [3.8, 4) is 0 Å². The number of nitrogens with zero attached hydrogens (tertiary/aromatic N) is 2. The molecule has 1 amide bonds. The Hall–Kier alpha value is -1.36. The highest BCUT2D eigenvalue weighted by molar-refractivity contribution is 5.93. The maximum absolute atomic E-state index is 13.2. The van der Waals surface area contributed by atoms with Crippen LogP contribution in [0.25, 0.3) is 0 Å². The van der Waals surface area contributed by atoms with Crippen LogP contribution in [0, 0.1) is 11.3 Å². The molecule has 1 unspecified atom stereocenters. The monoisotopic (exact) mass is 357 g/mol. The lowest BCUT2D eigenvalue weighted by Crippen LogP contribution is -2.71. The number of hydrogen-bond donors (Lipinski definition) is 1. The first-order valence-electron chi connectivity index (χ1n) is 10.7. The molecule has 4 fully saturated rings. The maximum atomic E-state index is 13.2. The molecule has 3 heterocycles. The lowest BCUT2D eigenvalue weighted by Gasteiger charge is -2.65. The van der Waals surface area contributed by atoms with Gasteiger partial charge in [0.2, 0.25) is 0 Å². The summed E-state index contributed by atoms with van der Waals surface area (Å²) in [5.41, 5.74) is 2.23. The normalized spacial score (nSPS) is 29.4. The molecule has 5 nitrogen and oxygen atoms in total. The van der Waals surface area contributed by atoms with Gasteiger partial charge in [-0.1, -0.05) is 25.7 Å². The predicted molar refractivity (Wildman–Crippen MR) is 99.1 cm³/mol. The standard InChI is InChI=1S/C21H31N3O2/c25-20(18-13-17(22-23-18)15-5-2-1-3-6-15)24-14-21(9-4-10-21)19(24)16-7-11-26-12-8-16/h13,15-16,19H,1-12,14H2,(H,22,23). The Bertz CT molecular complexity index is 654. The maximum Gasteiger partial charge on any atom is 0.274 e. The molecule has 1 spiro atoms. The van der Waals surface area contributed by atoms with Crippen LogP contribution in [0.2, 0.25) is 0 Å². The number of hydrogen-bond acceptors (Lipinski definition) is 3. The van der Waals surface area contributed by atoms with Gasteiger partial charge in [-0.2, -0.15) is 5.10 Å². The van der Waals surface area contributed by atoms with E-state index in [0.717, 1.165) is 32.6 Å². The second-order valence-corrected chi connectivity index (χ2v) is 9.09. The van der Waals surface area contributed by atoms with Gasteiger partial charge in [-0.25, -0.2) is 0 Å². The number of likely N-dealkylation sites (tertiary alicyclic amines) is 1. The van der Waals surface area contributed by atoms with Gasteiger partial charge in [0.25, 0.3) is 5.91 Å². The SMILES string of the molecule is O=C(c1cc(C2CCCCC2)[nH]n1)N1CC2(CCC2)C1C1CCOCC1. The van der Waals surface area contributed by atoms with E-state index in [1.54, 1.807) is 0 Å². The van der Waals surface area contributed by atoms with E-state index < -0.39 is 0 Å². The van der Waals surface area contributed by atoms with Crippen LogP contribution < -0.4 is 0 Å². The van der Waals surface area contributed by atoms with Crippen molar-refractivity contribution in [2.45, 2.75) is 76.2 Å². The smallest absolute Gasteiger partial charge is 0.274 e. The number of carbonyl (C=O) groups is 1. The zero-order valence-corrected chi connectivity index (χ0v) is 15.7. The van der Waals surface area contributed by atoms with Gasteiger partial charge < -0.3 is 9.64 Å². The minimum Gasteiger partial charge on any atom is -0.381 e. The summed E-state index contributed by atoms with van der Waals surface area (Å²) in [6.45, 7) is 2.65. The highest BCUT2D eigenvalue weighted by atomic mass is 16.5. The summed E-state index contributed by atoms with van der Waals surface area (Å²) in [5.74, 6) is 1.33. The topological polar surface area (TPSA) is 58.2 Å². The van der Waals surface area contributed by atoms with E-state index in [9.17, 15) is 4.79 Å². The van der Waals surface area contributed by atoms with Crippen molar-refractivity contribution in [1.82, 2.24) is 15.1 Å². The average Bonchev–Trinajstić information content (AvgIpc) is 3.11. The second-order valence-electron chi connectivity index (χ2n) is 9.09. The molecule has 1 atom stereocenters. The third-order valence-electron chi connectivity index (χ3n) is 7.63. The van der Waals surface area contributed by atoms with Gasteiger partial charge in [0.15, 0.2) is 0 Å². The van der Waals surface area contributed by atoms with E-state index in [-0.39, 0.29) is 5.91 Å². The minimum atomic E-state index is 0.150. The van der Waals surface area contributed by atoms with E-state index in [1.807, 2.05) is 6.07 Å². The van der Waals surface area contributed by atoms with Crippen molar-refractivity contribution in [2.24, 2.45) is 11.3 Å². The largest absolute Gasteiger partial charge is 0.381 e. The van der Waals surface area contributed by atoms with Crippen molar-refractivity contribution in [2.75, 3.05) is 19.8 Å². The summed E-state index contributed by atoms with van der Waals surface area (Å²) in [4.78, 5) is 15.4. The molecule has 4 aliphatic rings. The molecule has 0 aromatic carbocycles. The van der Waals surface area contributed by atoms with Crippen molar-refractivity contribution >= 4 is 5.91 Å². The highest BCUT2D eigenvalue weighted by Gasteiger charge is 2.59. The molecule has 2 aliphatic carbocycles. The van der Waals surface area contributed by atoms with Gasteiger partial charge >= 0.3 is 0 Å². The highest BCUT2D eigenvalue weighted by Crippen LogP contribution is 2.57. The molecular formula is C21H31N3O2. The number of nitrogens with one attached hydrogen (secondary N) is 1. The van der Waals surface area contributed by atoms with Gasteiger partial charge in [-0.3, -0.25) is 9.89 Å². The van der Waals surface area contributed by atoms with Gasteiger partial charge in [0, 0.05) is 42.8 Å². The molecule has 5 heteroatoms. The minimum absolute atomic E-state index is 0.150. The molecule has 2 aliphatic heterocycles. The van der Waals surface area contributed by atoms with Gasteiger partial charge in [-0.15, -0.1) is 0 Å². The van der Waals surface area contributed by atoms with Crippen molar-refractivity contribution in [3.05, 3.63) is 17.5 Å². The van der Waals surface area contributed by atoms with E-state index in [2.05, 4.69) is 15.1 Å². The van der Waals surface area contributed by atoms with E-state index in [0.29, 0.717) is 29.0 Å². The summed E-state index contributed by atoms with van der Waals surface area (Å²) >= 11 is 0. The first-order valence-corrected chi connectivity index (χ1v) is 10.7. The zero-order chi connectivity index (χ0) is 17.6. The van der Waals surface area contributed by atoms with Gasteiger partial charge in [0.1, 0.15) is 5.69 Å². The molecule has 0 bridgehead atoms. The molecule has 2 saturated carbocycles. The fourth-order valence-corrected chi connectivity index (χ4v) is 6.03. The number of aromatic amines is 1. The van der Waals surface area contributed by atoms with Gasteiger partial charge in [-0.05, 0) is 50.5 Å². The molecular weight excluding hydrogens is 326 g/mol. The average molecular weight is 357 g/mol. The molecule has 2 saturated heterocycles. The van der Waals surface area contributed by atoms with Crippen LogP contribution in [0.3, 0.4) is 0 Å². The predicted octanol–water partition coefficient (Wildman–Crippen LogP) is 3.88. The summed E-state index contributed by atoms with van der Waals surface area (Å²) in [6.07, 6.45) is 12.5. The molecule has 1 aromatic rings. The quantitative estimate of drug-likeness (QED) is 0.893. The number of carbonyl (C=O) groups excluding carboxylic acids is 1. The Labute approximate surface area is 155 Å². The van der Waals surface area contributed by atoms with Crippen molar-refractivity contribution in [3.63, 3.8) is 0 Å². The molecule has 0 radical (unpaired) electrons. The molecule has 26 heavy (non-hydrogen) atoms. The molecule has 1 aromatic heterocycles. The second kappa shape index (κ2) is 6.66. The summed E-state index contributed by atoms with van der Waals surface area (Å²) in [5, 5.41) is 7.61. The lowest BCUT2D eigenvalue weighted by atomic mass is 9.54. The number of ether oxygens (including phenoxy) is 1. The van der Waals surface area contributed by atoms with Crippen LogP contribution in [0.15, 0.2) is 6.07 Å². The Morgan fingerprint density at radius 1 is 1.12 bits per heavy atom. The first-order chi connectivity index (χ1) is 12.8. The van der Waals surface area contributed by atoms with Crippen LogP contribution in [-0.2, 0) is 4.74 Å². The Morgan fingerprint density at radius 2 is 1.88 bits per heavy atom. The van der Waals surface area contributed by atoms with Crippen LogP contribution in [0.1, 0.15) is 86.3 Å². The van der Waals surface area contributed by atoms with Crippen LogP contribution in [-0.4, -0.2) is 46.8 Å². The lowest BCUT2D eigenvalue weighted by molar-refractivity contribution is -0.140. The summed E-state index contributed by atoms with van der Waals surface area (Å²) in [7, 11) is 0.